The third-order valence-corrected chi connectivity index (χ3v) is 6.41. The second-order valence-corrected chi connectivity index (χ2v) is 9.59. The third kappa shape index (κ3) is 11.2. The molecule has 0 aromatic heterocycles. The number of benzene rings is 2. The summed E-state index contributed by atoms with van der Waals surface area (Å²) in [7, 11) is 0. The minimum absolute atomic E-state index is 0.308. The number of unbranched alkanes of at least 4 members (excludes halogenated alkanes) is 2. The van der Waals surface area contributed by atoms with Gasteiger partial charge in [0.2, 0.25) is 0 Å². The molecule has 0 saturated heterocycles. The van der Waals surface area contributed by atoms with Crippen molar-refractivity contribution in [1.29, 1.82) is 0 Å². The van der Waals surface area contributed by atoms with Crippen molar-refractivity contribution >= 4 is 17.5 Å². The largest absolute Gasteiger partial charge is 0.498 e. The first-order valence-corrected chi connectivity index (χ1v) is 14.2. The first-order valence-electron chi connectivity index (χ1n) is 14.2. The molecule has 224 valence electrons. The average molecular weight is 585 g/mol. The highest BCUT2D eigenvalue weighted by molar-refractivity contribution is 5.81. The molecule has 0 amide bonds. The average Bonchev–Trinajstić information content (AvgIpc) is 3.27. The Kier molecular flexibility index (Phi) is 13.6. The fourth-order valence-corrected chi connectivity index (χ4v) is 3.98. The Hall–Kier alpha value is -4.83. The summed E-state index contributed by atoms with van der Waals surface area (Å²) in [6.07, 6.45) is 13.4. The summed E-state index contributed by atoms with van der Waals surface area (Å²) in [6, 6.07) is 11.0. The molecule has 0 radical (unpaired) electrons. The monoisotopic (exact) mass is 584 g/mol. The van der Waals surface area contributed by atoms with E-state index in [2.05, 4.69) is 25.0 Å². The van der Waals surface area contributed by atoms with Gasteiger partial charge in [0.25, 0.3) is 0 Å². The molecule has 2 aromatic carbocycles. The van der Waals surface area contributed by atoms with E-state index < -0.39 is 11.9 Å². The van der Waals surface area contributed by atoms with Crippen LogP contribution in [0.4, 0.5) is 4.39 Å². The molecular weight excluding hydrogens is 547 g/mol. The Balaban J connectivity index is 1.53. The molecule has 0 aliphatic heterocycles. The van der Waals surface area contributed by atoms with Gasteiger partial charge in [0, 0.05) is 40.8 Å². The van der Waals surface area contributed by atoms with Crippen LogP contribution in [0.25, 0.3) is 5.57 Å². The van der Waals surface area contributed by atoms with E-state index in [1.54, 1.807) is 13.0 Å². The number of rotatable bonds is 15. The van der Waals surface area contributed by atoms with Crippen LogP contribution in [0.2, 0.25) is 0 Å². The standard InChI is InChI=1S/C36H37FO6/c1-4-34(38)42-25-8-6-23-40-31-12-10-11-30(17-21-31)33-22-18-29(27(3)36(33)37)16-13-28-14-19-32(20-15-28)41-24-7-9-26-43-35(39)5-2/h4-5,10-11,14-15,17-22H,1-2,6-9,12,23-26H2,3H3. The first kappa shape index (κ1) is 32.7. The SMILES string of the molecule is C=CC(=O)OCCCCOC1=CC=C(c2ccc(C#Cc3ccc(OCCCCOC(=O)C=C)cc3)c(C)c2F)C=CC1. The van der Waals surface area contributed by atoms with Gasteiger partial charge in [0.05, 0.1) is 32.2 Å². The summed E-state index contributed by atoms with van der Waals surface area (Å²) in [5.41, 5.74) is 3.15. The molecule has 0 heterocycles. The molecular formula is C36H37FO6. The van der Waals surface area contributed by atoms with Crippen LogP contribution in [0.3, 0.4) is 0 Å². The highest BCUT2D eigenvalue weighted by Gasteiger charge is 2.12. The number of esters is 2. The maximum absolute atomic E-state index is 15.4. The van der Waals surface area contributed by atoms with E-state index in [0.717, 1.165) is 47.6 Å². The normalized spacial score (nSPS) is 12.0. The maximum Gasteiger partial charge on any atom is 0.330 e. The van der Waals surface area contributed by atoms with Crippen LogP contribution in [0, 0.1) is 24.6 Å². The highest BCUT2D eigenvalue weighted by atomic mass is 19.1. The van der Waals surface area contributed by atoms with Crippen LogP contribution >= 0.6 is 0 Å². The first-order chi connectivity index (χ1) is 20.9. The second kappa shape index (κ2) is 17.9. The van der Waals surface area contributed by atoms with Crippen molar-refractivity contribution in [1.82, 2.24) is 0 Å². The number of ether oxygens (including phenoxy) is 4. The van der Waals surface area contributed by atoms with E-state index in [9.17, 15) is 9.59 Å². The summed E-state index contributed by atoms with van der Waals surface area (Å²) in [5.74, 6) is 6.54. The van der Waals surface area contributed by atoms with Crippen LogP contribution in [-0.4, -0.2) is 38.4 Å². The van der Waals surface area contributed by atoms with E-state index in [-0.39, 0.29) is 5.82 Å². The Morgan fingerprint density at radius 2 is 1.47 bits per heavy atom. The van der Waals surface area contributed by atoms with Crippen molar-refractivity contribution in [3.05, 3.63) is 120 Å². The summed E-state index contributed by atoms with van der Waals surface area (Å²) >= 11 is 0. The van der Waals surface area contributed by atoms with E-state index in [1.807, 2.05) is 54.6 Å². The van der Waals surface area contributed by atoms with Gasteiger partial charge in [-0.05, 0) is 74.6 Å². The number of hydrogen-bond donors (Lipinski definition) is 0. The summed E-state index contributed by atoms with van der Waals surface area (Å²) in [5, 5.41) is 0. The predicted molar refractivity (Wildman–Crippen MR) is 166 cm³/mol. The molecule has 43 heavy (non-hydrogen) atoms. The van der Waals surface area contributed by atoms with Gasteiger partial charge in [-0.25, -0.2) is 14.0 Å². The zero-order valence-electron chi connectivity index (χ0n) is 24.5. The lowest BCUT2D eigenvalue weighted by Gasteiger charge is -2.08. The number of carbonyl (C=O) groups excluding carboxylic acids is 2. The fourth-order valence-electron chi connectivity index (χ4n) is 3.98. The zero-order valence-corrected chi connectivity index (χ0v) is 24.5. The fraction of sp³-hybridized carbons (Fsp3) is 0.278. The minimum atomic E-state index is -0.426. The lowest BCUT2D eigenvalue weighted by Crippen LogP contribution is -2.04. The van der Waals surface area contributed by atoms with E-state index in [0.29, 0.717) is 62.4 Å². The van der Waals surface area contributed by atoms with Crippen LogP contribution in [0.1, 0.15) is 54.4 Å². The summed E-state index contributed by atoms with van der Waals surface area (Å²) in [4.78, 5) is 22.1. The van der Waals surface area contributed by atoms with Gasteiger partial charge < -0.3 is 18.9 Å². The molecule has 0 spiro atoms. The van der Waals surface area contributed by atoms with Crippen molar-refractivity contribution in [2.24, 2.45) is 0 Å². The molecule has 1 aliphatic carbocycles. The molecule has 0 fully saturated rings. The molecule has 1 aliphatic rings. The highest BCUT2D eigenvalue weighted by Crippen LogP contribution is 2.27. The Bertz CT molecular complexity index is 1440. The summed E-state index contributed by atoms with van der Waals surface area (Å²) < 4.78 is 36.9. The minimum Gasteiger partial charge on any atom is -0.498 e. The quantitative estimate of drug-likeness (QED) is 0.0956. The van der Waals surface area contributed by atoms with Crippen molar-refractivity contribution in [2.75, 3.05) is 26.4 Å². The van der Waals surface area contributed by atoms with Crippen molar-refractivity contribution in [2.45, 2.75) is 39.0 Å². The third-order valence-electron chi connectivity index (χ3n) is 6.41. The molecule has 3 rings (SSSR count). The molecule has 0 unspecified atom stereocenters. The molecule has 0 saturated carbocycles. The molecule has 0 bridgehead atoms. The molecule has 0 N–H and O–H groups in total. The number of halogens is 1. The van der Waals surface area contributed by atoms with Crippen molar-refractivity contribution in [3.8, 4) is 17.6 Å². The zero-order chi connectivity index (χ0) is 30.9. The van der Waals surface area contributed by atoms with E-state index >= 15 is 4.39 Å². The molecule has 7 heteroatoms. The van der Waals surface area contributed by atoms with Crippen LogP contribution < -0.4 is 4.74 Å². The van der Waals surface area contributed by atoms with Crippen LogP contribution in [0.5, 0.6) is 5.75 Å². The van der Waals surface area contributed by atoms with E-state index in [4.69, 9.17) is 18.9 Å². The number of hydrogen-bond acceptors (Lipinski definition) is 6. The van der Waals surface area contributed by atoms with Gasteiger partial charge in [-0.15, -0.1) is 0 Å². The van der Waals surface area contributed by atoms with Gasteiger partial charge in [-0.2, -0.15) is 0 Å². The predicted octanol–water partition coefficient (Wildman–Crippen LogP) is 7.18. The molecule has 0 atom stereocenters. The summed E-state index contributed by atoms with van der Waals surface area (Å²) in [6.45, 7) is 10.1. The Labute approximate surface area is 253 Å². The lowest BCUT2D eigenvalue weighted by atomic mass is 9.98. The van der Waals surface area contributed by atoms with Gasteiger partial charge in [0.1, 0.15) is 11.6 Å². The topological polar surface area (TPSA) is 71.1 Å². The number of allylic oxidation sites excluding steroid dienone is 5. The van der Waals surface area contributed by atoms with Gasteiger partial charge in [-0.3, -0.25) is 0 Å². The second-order valence-electron chi connectivity index (χ2n) is 9.59. The van der Waals surface area contributed by atoms with Gasteiger partial charge in [-0.1, -0.05) is 49.3 Å². The Morgan fingerprint density at radius 3 is 2.12 bits per heavy atom. The van der Waals surface area contributed by atoms with E-state index in [1.165, 1.54) is 0 Å². The maximum atomic E-state index is 15.4. The number of carbonyl (C=O) groups is 2. The van der Waals surface area contributed by atoms with Gasteiger partial charge >= 0.3 is 11.9 Å². The van der Waals surface area contributed by atoms with Gasteiger partial charge in [0.15, 0.2) is 0 Å². The van der Waals surface area contributed by atoms with Crippen molar-refractivity contribution in [3.63, 3.8) is 0 Å². The molecule has 6 nitrogen and oxygen atoms in total. The molecule has 2 aromatic rings. The Morgan fingerprint density at radius 1 is 0.837 bits per heavy atom. The van der Waals surface area contributed by atoms with Crippen LogP contribution in [-0.2, 0) is 23.8 Å². The van der Waals surface area contributed by atoms with Crippen LogP contribution in [0.15, 0.2) is 91.8 Å². The van der Waals surface area contributed by atoms with Crippen molar-refractivity contribution < 1.29 is 32.9 Å². The smallest absolute Gasteiger partial charge is 0.330 e. The lowest BCUT2D eigenvalue weighted by molar-refractivity contribution is -0.138.